The number of nitrogens with zero attached hydrogens (tertiary/aromatic N) is 1. The molecule has 0 bridgehead atoms. The van der Waals surface area contributed by atoms with Gasteiger partial charge in [-0.25, -0.2) is 0 Å². The Kier molecular flexibility index (Phi) is 11.2. The first-order valence-corrected chi connectivity index (χ1v) is 10.2. The highest BCUT2D eigenvalue weighted by molar-refractivity contribution is 14.0. The van der Waals surface area contributed by atoms with Gasteiger partial charge >= 0.3 is 0 Å². The second-order valence-corrected chi connectivity index (χ2v) is 7.64. The summed E-state index contributed by atoms with van der Waals surface area (Å²) in [5.41, 5.74) is 1.16. The normalized spacial score (nSPS) is 16.8. The van der Waals surface area contributed by atoms with Gasteiger partial charge in [0.05, 0.1) is 6.54 Å². The van der Waals surface area contributed by atoms with E-state index in [1.54, 1.807) is 0 Å². The molecule has 1 aliphatic rings. The summed E-state index contributed by atoms with van der Waals surface area (Å²) in [6.45, 7) is 6.25. The van der Waals surface area contributed by atoms with Crippen LogP contribution in [0.2, 0.25) is 5.02 Å². The van der Waals surface area contributed by atoms with Gasteiger partial charge in [-0.3, -0.25) is 4.99 Å². The maximum atomic E-state index is 6.21. The lowest BCUT2D eigenvalue weighted by Gasteiger charge is -2.34. The number of nitrogens with one attached hydrogen (secondary N) is 2. The average molecular weight is 498 g/mol. The lowest BCUT2D eigenvalue weighted by Crippen LogP contribution is -2.41. The Balaban J connectivity index is 0.00000312. The minimum absolute atomic E-state index is 0. The molecule has 1 heterocycles. The van der Waals surface area contributed by atoms with Crippen molar-refractivity contribution < 1.29 is 4.74 Å². The highest BCUT2D eigenvalue weighted by Crippen LogP contribution is 2.33. The quantitative estimate of drug-likeness (QED) is 0.340. The highest BCUT2D eigenvalue weighted by atomic mass is 127. The van der Waals surface area contributed by atoms with E-state index in [0.717, 1.165) is 68.7 Å². The van der Waals surface area contributed by atoms with Gasteiger partial charge in [-0.05, 0) is 44.1 Å². The molecule has 0 unspecified atom stereocenters. The predicted octanol–water partition coefficient (Wildman–Crippen LogP) is 3.97. The van der Waals surface area contributed by atoms with Crippen LogP contribution in [0.4, 0.5) is 0 Å². The monoisotopic (exact) mass is 497 g/mol. The van der Waals surface area contributed by atoms with Crippen molar-refractivity contribution in [3.63, 3.8) is 0 Å². The molecule has 0 aromatic heterocycles. The number of halogens is 2. The summed E-state index contributed by atoms with van der Waals surface area (Å²) in [6, 6.07) is 7.98. The Morgan fingerprint density at radius 2 is 2.00 bits per heavy atom. The van der Waals surface area contributed by atoms with Crippen molar-refractivity contribution in [2.45, 2.75) is 30.9 Å². The average Bonchev–Trinajstić information content (AvgIpc) is 2.62. The van der Waals surface area contributed by atoms with Gasteiger partial charge < -0.3 is 15.4 Å². The van der Waals surface area contributed by atoms with Gasteiger partial charge in [-0.15, -0.1) is 24.0 Å². The Morgan fingerprint density at radius 3 is 2.64 bits per heavy atom. The van der Waals surface area contributed by atoms with Crippen molar-refractivity contribution in [3.05, 3.63) is 34.9 Å². The predicted molar refractivity (Wildman–Crippen MR) is 121 cm³/mol. The first-order valence-electron chi connectivity index (χ1n) is 8.57. The molecule has 1 aromatic carbocycles. The maximum absolute atomic E-state index is 6.21. The molecule has 1 aromatic rings. The fraction of sp³-hybridized carbons (Fsp3) is 0.611. The van der Waals surface area contributed by atoms with Crippen LogP contribution in [0, 0.1) is 0 Å². The van der Waals surface area contributed by atoms with Gasteiger partial charge in [0, 0.05) is 36.1 Å². The third-order valence-corrected chi connectivity index (χ3v) is 6.12. The second kappa shape index (κ2) is 12.3. The molecule has 0 atom stereocenters. The molecule has 1 fully saturated rings. The minimum Gasteiger partial charge on any atom is -0.381 e. The molecule has 25 heavy (non-hydrogen) atoms. The third kappa shape index (κ3) is 7.53. The zero-order valence-electron chi connectivity index (χ0n) is 15.0. The fourth-order valence-electron chi connectivity index (χ4n) is 2.75. The summed E-state index contributed by atoms with van der Waals surface area (Å²) >= 11 is 8.13. The molecule has 2 rings (SSSR count). The number of rotatable bonds is 7. The molecule has 142 valence electrons. The third-order valence-electron chi connectivity index (χ3n) is 4.35. The second-order valence-electron chi connectivity index (χ2n) is 5.96. The molecule has 0 spiro atoms. The standard InChI is InChI=1S/C18H28ClN3OS.HI/c1-3-20-17(21-11-8-15-6-4-5-7-16(15)19)22-14-18(24-2)9-12-23-13-10-18;/h4-7H,3,8-14H2,1-2H3,(H2,20,21,22);1H. The summed E-state index contributed by atoms with van der Waals surface area (Å²) in [5, 5.41) is 7.57. The smallest absolute Gasteiger partial charge is 0.191 e. The van der Waals surface area contributed by atoms with Crippen molar-refractivity contribution in [3.8, 4) is 0 Å². The van der Waals surface area contributed by atoms with Gasteiger partial charge in [0.1, 0.15) is 0 Å². The Morgan fingerprint density at radius 1 is 1.28 bits per heavy atom. The lowest BCUT2D eigenvalue weighted by atomic mass is 9.99. The van der Waals surface area contributed by atoms with Crippen molar-refractivity contribution in [1.29, 1.82) is 0 Å². The Hall–Kier alpha value is -0.180. The number of thioether (sulfide) groups is 1. The van der Waals surface area contributed by atoms with Crippen LogP contribution in [0.3, 0.4) is 0 Å². The van der Waals surface area contributed by atoms with Crippen LogP contribution < -0.4 is 10.6 Å². The topological polar surface area (TPSA) is 45.7 Å². The summed E-state index contributed by atoms with van der Waals surface area (Å²) < 4.78 is 5.71. The summed E-state index contributed by atoms with van der Waals surface area (Å²) in [6.07, 6.45) is 5.19. The van der Waals surface area contributed by atoms with Crippen molar-refractivity contribution >= 4 is 53.3 Å². The lowest BCUT2D eigenvalue weighted by molar-refractivity contribution is 0.0794. The summed E-state index contributed by atoms with van der Waals surface area (Å²) in [5.74, 6) is 0.879. The van der Waals surface area contributed by atoms with E-state index in [-0.39, 0.29) is 28.7 Å². The molecular formula is C18H29ClIN3OS. The van der Waals surface area contributed by atoms with Crippen LogP contribution in [-0.2, 0) is 11.2 Å². The highest BCUT2D eigenvalue weighted by Gasteiger charge is 2.31. The van der Waals surface area contributed by atoms with E-state index in [1.165, 1.54) is 0 Å². The molecule has 7 heteroatoms. The van der Waals surface area contributed by atoms with E-state index in [4.69, 9.17) is 21.3 Å². The van der Waals surface area contributed by atoms with E-state index < -0.39 is 0 Å². The van der Waals surface area contributed by atoms with Crippen molar-refractivity contribution in [1.82, 2.24) is 10.6 Å². The molecule has 4 nitrogen and oxygen atoms in total. The van der Waals surface area contributed by atoms with E-state index >= 15 is 0 Å². The largest absolute Gasteiger partial charge is 0.381 e. The van der Waals surface area contributed by atoms with E-state index in [0.29, 0.717) is 0 Å². The van der Waals surface area contributed by atoms with Crippen LogP contribution in [0.5, 0.6) is 0 Å². The fourth-order valence-corrected chi connectivity index (χ4v) is 3.75. The first-order chi connectivity index (χ1) is 11.7. The van der Waals surface area contributed by atoms with Crippen molar-refractivity contribution in [2.24, 2.45) is 4.99 Å². The number of aliphatic imine (C=N–C) groups is 1. The SMILES string of the molecule is CCNC(=NCC1(SC)CCOCC1)NCCc1ccccc1Cl.I. The van der Waals surface area contributed by atoms with Gasteiger partial charge in [0.15, 0.2) is 5.96 Å². The Labute approximate surface area is 177 Å². The van der Waals surface area contributed by atoms with Gasteiger partial charge in [-0.1, -0.05) is 29.8 Å². The van der Waals surface area contributed by atoms with Crippen LogP contribution in [-0.4, -0.2) is 49.8 Å². The summed E-state index contributed by atoms with van der Waals surface area (Å²) in [7, 11) is 0. The van der Waals surface area contributed by atoms with Crippen LogP contribution in [0.25, 0.3) is 0 Å². The van der Waals surface area contributed by atoms with E-state index in [2.05, 4.69) is 29.9 Å². The first kappa shape index (κ1) is 22.9. The molecule has 1 aliphatic heterocycles. The van der Waals surface area contributed by atoms with E-state index in [1.807, 2.05) is 30.0 Å². The van der Waals surface area contributed by atoms with Crippen molar-refractivity contribution in [2.75, 3.05) is 39.1 Å². The number of hydrogen-bond donors (Lipinski definition) is 2. The van der Waals surface area contributed by atoms with Gasteiger partial charge in [-0.2, -0.15) is 11.8 Å². The molecule has 0 amide bonds. The maximum Gasteiger partial charge on any atom is 0.191 e. The molecule has 2 N–H and O–H groups in total. The molecule has 0 aliphatic carbocycles. The molecule has 0 radical (unpaired) electrons. The number of hydrogen-bond acceptors (Lipinski definition) is 3. The minimum atomic E-state index is 0. The van der Waals surface area contributed by atoms with Crippen LogP contribution >= 0.6 is 47.3 Å². The zero-order chi connectivity index (χ0) is 17.3. The van der Waals surface area contributed by atoms with Crippen LogP contribution in [0.15, 0.2) is 29.3 Å². The van der Waals surface area contributed by atoms with Gasteiger partial charge in [0.2, 0.25) is 0 Å². The molecular weight excluding hydrogens is 469 g/mol. The summed E-state index contributed by atoms with van der Waals surface area (Å²) in [4.78, 5) is 4.82. The molecule has 0 saturated carbocycles. The molecule has 1 saturated heterocycles. The zero-order valence-corrected chi connectivity index (χ0v) is 18.9. The number of ether oxygens (including phenoxy) is 1. The van der Waals surface area contributed by atoms with Gasteiger partial charge in [0.25, 0.3) is 0 Å². The Bertz CT molecular complexity index is 539. The number of guanidine groups is 1. The van der Waals surface area contributed by atoms with Crippen LogP contribution in [0.1, 0.15) is 25.3 Å². The van der Waals surface area contributed by atoms with E-state index in [9.17, 15) is 0 Å². The number of benzene rings is 1.